The molecule has 67 heavy (non-hydrogen) atoms. The molecule has 3 unspecified atom stereocenters. The van der Waals surface area contributed by atoms with E-state index in [4.69, 9.17) is 67.5 Å². The number of ketones is 2. The highest BCUT2D eigenvalue weighted by molar-refractivity contribution is 6.37. The highest BCUT2D eigenvalue weighted by Crippen LogP contribution is 2.34. The van der Waals surface area contributed by atoms with Crippen LogP contribution >= 0.6 is 58.0 Å². The summed E-state index contributed by atoms with van der Waals surface area (Å²) in [5.41, 5.74) is 2.95. The van der Waals surface area contributed by atoms with Gasteiger partial charge in [-0.2, -0.15) is 20.5 Å². The Hall–Kier alpha value is -6.43. The molecule has 4 N–H and O–H groups in total. The van der Waals surface area contributed by atoms with Gasteiger partial charge in [0.25, 0.3) is 23.6 Å². The standard InChI is InChI=1S/C46H41Cl5N8O8/c1-23(49)33-20-30(54-45(64)41(24(2)60)58-56-35-10-6-8-31(39(35)50)43(62)52-28-13-16-37(66-4)26(18-28)21-47)12-15-34(33)55-46(65)42(25(3)61)59-57-36-11-7-9-32(40(36)51)44(63)53-29-14-17-38(67-5)27(19-29)22-48/h6-20,23,41-42H,21-22H2,1-5H3,(H,52,62)(H,53,63)(H,54,64)(H,55,65). The fourth-order valence-electron chi connectivity index (χ4n) is 6.23. The van der Waals surface area contributed by atoms with Crippen molar-refractivity contribution in [1.82, 2.24) is 0 Å². The number of halogens is 5. The van der Waals surface area contributed by atoms with Gasteiger partial charge in [0, 0.05) is 33.9 Å². The highest BCUT2D eigenvalue weighted by atomic mass is 35.5. The number of amides is 4. The molecule has 0 bridgehead atoms. The van der Waals surface area contributed by atoms with Crippen LogP contribution in [0.1, 0.15) is 63.6 Å². The van der Waals surface area contributed by atoms with Crippen molar-refractivity contribution in [1.29, 1.82) is 0 Å². The smallest absolute Gasteiger partial charge is 0.258 e. The fraction of sp³-hybridized carbons (Fsp3) is 0.217. The summed E-state index contributed by atoms with van der Waals surface area (Å²) in [6, 6.07) is 19.8. The topological polar surface area (TPSA) is 218 Å². The van der Waals surface area contributed by atoms with Gasteiger partial charge >= 0.3 is 0 Å². The van der Waals surface area contributed by atoms with Crippen LogP contribution in [0.2, 0.25) is 10.0 Å². The number of nitrogens with zero attached hydrogens (tertiary/aromatic N) is 4. The number of rotatable bonds is 19. The molecule has 0 radical (unpaired) electrons. The van der Waals surface area contributed by atoms with E-state index < -0.39 is 52.7 Å². The van der Waals surface area contributed by atoms with Crippen LogP contribution in [-0.4, -0.2) is 61.5 Å². The predicted octanol–water partition coefficient (Wildman–Crippen LogP) is 11.7. The first-order chi connectivity index (χ1) is 32.0. The molecule has 0 aromatic heterocycles. The number of benzene rings is 5. The first kappa shape index (κ1) is 51.6. The average molecular weight is 1010 g/mol. The van der Waals surface area contributed by atoms with E-state index in [2.05, 4.69) is 41.7 Å². The number of methoxy groups -OCH3 is 2. The van der Waals surface area contributed by atoms with Crippen molar-refractivity contribution in [2.45, 2.75) is 50.0 Å². The van der Waals surface area contributed by atoms with Gasteiger partial charge in [0.15, 0.2) is 11.6 Å². The number of azo groups is 2. The molecule has 0 spiro atoms. The van der Waals surface area contributed by atoms with E-state index >= 15 is 0 Å². The summed E-state index contributed by atoms with van der Waals surface area (Å²) in [6.07, 6.45) is 0. The van der Waals surface area contributed by atoms with E-state index in [1.165, 1.54) is 68.8 Å². The molecule has 3 atom stereocenters. The van der Waals surface area contributed by atoms with Crippen LogP contribution in [0.15, 0.2) is 111 Å². The molecule has 4 amide bonds. The van der Waals surface area contributed by atoms with Crippen LogP contribution in [0.25, 0.3) is 0 Å². The number of ether oxygens (including phenoxy) is 2. The van der Waals surface area contributed by atoms with E-state index in [0.29, 0.717) is 39.6 Å². The molecule has 0 heterocycles. The first-order valence-electron chi connectivity index (χ1n) is 19.9. The van der Waals surface area contributed by atoms with E-state index in [0.717, 1.165) is 13.8 Å². The van der Waals surface area contributed by atoms with Gasteiger partial charge in [-0.05, 0) is 105 Å². The Balaban J connectivity index is 1.28. The zero-order valence-electron chi connectivity index (χ0n) is 36.3. The molecule has 5 aromatic carbocycles. The predicted molar refractivity (Wildman–Crippen MR) is 260 cm³/mol. The maximum absolute atomic E-state index is 13.5. The van der Waals surface area contributed by atoms with Gasteiger partial charge in [0.2, 0.25) is 12.1 Å². The number of hydrogen-bond acceptors (Lipinski definition) is 12. The maximum Gasteiger partial charge on any atom is 0.258 e. The third-order valence-corrected chi connectivity index (χ3v) is 11.3. The normalized spacial score (nSPS) is 12.5. The molecule has 5 aromatic rings. The summed E-state index contributed by atoms with van der Waals surface area (Å²) in [5.74, 6) is -2.80. The number of alkyl halides is 3. The quantitative estimate of drug-likeness (QED) is 0.0353. The van der Waals surface area contributed by atoms with Crippen LogP contribution in [-0.2, 0) is 30.9 Å². The van der Waals surface area contributed by atoms with E-state index in [1.54, 1.807) is 43.3 Å². The van der Waals surface area contributed by atoms with Gasteiger partial charge < -0.3 is 30.7 Å². The maximum atomic E-state index is 13.5. The van der Waals surface area contributed by atoms with Crippen molar-refractivity contribution in [3.05, 3.63) is 129 Å². The lowest BCUT2D eigenvalue weighted by molar-refractivity contribution is -0.127. The first-order valence-corrected chi connectivity index (χ1v) is 22.1. The molecule has 0 aliphatic carbocycles. The second-order valence-corrected chi connectivity index (χ2v) is 16.3. The minimum atomic E-state index is -1.65. The van der Waals surface area contributed by atoms with Crippen molar-refractivity contribution in [2.24, 2.45) is 20.5 Å². The van der Waals surface area contributed by atoms with Crippen molar-refractivity contribution >= 4 is 127 Å². The SMILES string of the molecule is COc1ccc(NC(=O)c2cccc(N=NC(C(C)=O)C(=O)Nc3ccc(NC(=O)C(N=Nc4cccc(C(=O)Nc5ccc(OC)c(CCl)c5)c4Cl)C(C)=O)c(C(C)Cl)c3)c2Cl)cc1CCl. The zero-order chi connectivity index (χ0) is 48.9. The fourth-order valence-corrected chi connectivity index (χ4v) is 7.33. The van der Waals surface area contributed by atoms with Crippen LogP contribution in [0.4, 0.5) is 34.1 Å². The lowest BCUT2D eigenvalue weighted by atomic mass is 10.1. The third kappa shape index (κ3) is 13.1. The van der Waals surface area contributed by atoms with Crippen molar-refractivity contribution in [3.8, 4) is 11.5 Å². The Morgan fingerprint density at radius 2 is 1.00 bits per heavy atom. The van der Waals surface area contributed by atoms with E-state index in [1.807, 2.05) is 0 Å². The number of anilines is 4. The Labute approximate surface area is 409 Å². The number of carbonyl (C=O) groups is 6. The zero-order valence-corrected chi connectivity index (χ0v) is 40.0. The second kappa shape index (κ2) is 23.8. The summed E-state index contributed by atoms with van der Waals surface area (Å²) in [4.78, 5) is 78.7. The molecule has 0 aliphatic rings. The third-order valence-electron chi connectivity index (χ3n) is 9.64. The monoisotopic (exact) mass is 1010 g/mol. The van der Waals surface area contributed by atoms with E-state index in [-0.39, 0.29) is 55.7 Å². The minimum Gasteiger partial charge on any atom is -0.496 e. The van der Waals surface area contributed by atoms with Gasteiger partial charge in [-0.25, -0.2) is 0 Å². The van der Waals surface area contributed by atoms with Gasteiger partial charge in [-0.3, -0.25) is 28.8 Å². The Kier molecular flexibility index (Phi) is 18.3. The Morgan fingerprint density at radius 1 is 0.582 bits per heavy atom. The average Bonchev–Trinajstić information content (AvgIpc) is 3.30. The number of Topliss-reactive ketones (excluding diaryl/α,β-unsaturated/α-hetero) is 2. The molecular weight excluding hydrogens is 970 g/mol. The van der Waals surface area contributed by atoms with Gasteiger partial charge in [0.05, 0.1) is 52.5 Å². The molecule has 16 nitrogen and oxygen atoms in total. The largest absolute Gasteiger partial charge is 0.496 e. The summed E-state index contributed by atoms with van der Waals surface area (Å²) in [6.45, 7) is 3.90. The number of carbonyl (C=O) groups excluding carboxylic acids is 6. The molecule has 0 fully saturated rings. The highest BCUT2D eigenvalue weighted by Gasteiger charge is 2.27. The Morgan fingerprint density at radius 3 is 1.40 bits per heavy atom. The van der Waals surface area contributed by atoms with Crippen LogP contribution in [0, 0.1) is 0 Å². The summed E-state index contributed by atoms with van der Waals surface area (Å²) >= 11 is 31.6. The molecule has 348 valence electrons. The van der Waals surface area contributed by atoms with Gasteiger partial charge in [-0.1, -0.05) is 35.3 Å². The lowest BCUT2D eigenvalue weighted by Gasteiger charge is -2.17. The molecule has 5 rings (SSSR count). The molecule has 0 aliphatic heterocycles. The van der Waals surface area contributed by atoms with Crippen molar-refractivity contribution in [2.75, 3.05) is 35.5 Å². The van der Waals surface area contributed by atoms with Crippen molar-refractivity contribution in [3.63, 3.8) is 0 Å². The number of hydrogen-bond donors (Lipinski definition) is 4. The number of nitrogens with one attached hydrogen (secondary N) is 4. The summed E-state index contributed by atoms with van der Waals surface area (Å²) in [7, 11) is 3.01. The summed E-state index contributed by atoms with van der Waals surface area (Å²) < 4.78 is 10.6. The second-order valence-electron chi connectivity index (χ2n) is 14.4. The molecule has 0 saturated heterocycles. The van der Waals surface area contributed by atoms with Gasteiger partial charge in [-0.15, -0.1) is 34.8 Å². The van der Waals surface area contributed by atoms with Crippen LogP contribution < -0.4 is 30.7 Å². The minimum absolute atomic E-state index is 0.00894. The van der Waals surface area contributed by atoms with Crippen LogP contribution in [0.3, 0.4) is 0 Å². The van der Waals surface area contributed by atoms with E-state index in [9.17, 15) is 28.8 Å². The van der Waals surface area contributed by atoms with Crippen molar-refractivity contribution < 1.29 is 38.2 Å². The molecule has 0 saturated carbocycles. The molecule has 21 heteroatoms. The lowest BCUT2D eigenvalue weighted by Crippen LogP contribution is -2.32. The molecular formula is C46H41Cl5N8O8. The van der Waals surface area contributed by atoms with Crippen LogP contribution in [0.5, 0.6) is 11.5 Å². The summed E-state index contributed by atoms with van der Waals surface area (Å²) in [5, 5.41) is 25.8. The van der Waals surface area contributed by atoms with Gasteiger partial charge in [0.1, 0.15) is 22.9 Å². The Bertz CT molecular complexity index is 2790.